The van der Waals surface area contributed by atoms with E-state index in [4.69, 9.17) is 11.6 Å². The molecule has 4 nitrogen and oxygen atoms in total. The van der Waals surface area contributed by atoms with E-state index in [1.165, 1.54) is 0 Å². The third-order valence-corrected chi connectivity index (χ3v) is 6.89. The van der Waals surface area contributed by atoms with Crippen LogP contribution in [0.4, 0.5) is 11.4 Å². The van der Waals surface area contributed by atoms with Gasteiger partial charge in [-0.15, -0.1) is 0 Å². The van der Waals surface area contributed by atoms with Crippen molar-refractivity contribution in [3.05, 3.63) is 154 Å². The van der Waals surface area contributed by atoms with Crippen molar-refractivity contribution in [2.24, 2.45) is 0 Å². The van der Waals surface area contributed by atoms with Gasteiger partial charge in [-0.05, 0) is 42.0 Å². The lowest BCUT2D eigenvalue weighted by atomic mass is 9.77. The molecule has 5 rings (SSSR count). The van der Waals surface area contributed by atoms with E-state index >= 15 is 0 Å². The van der Waals surface area contributed by atoms with E-state index in [1.54, 1.807) is 36.4 Å². The van der Waals surface area contributed by atoms with E-state index < -0.39 is 5.92 Å². The number of rotatable bonds is 7. The van der Waals surface area contributed by atoms with Gasteiger partial charge in [0.2, 0.25) is 0 Å². The Hall–Kier alpha value is -4.41. The molecule has 0 atom stereocenters. The van der Waals surface area contributed by atoms with E-state index in [2.05, 4.69) is 0 Å². The van der Waals surface area contributed by atoms with Gasteiger partial charge in [-0.25, -0.2) is 0 Å². The summed E-state index contributed by atoms with van der Waals surface area (Å²) in [5.74, 6) is -0.830. The average molecular weight is 519 g/mol. The lowest BCUT2D eigenvalue weighted by molar-refractivity contribution is 0.101. The summed E-state index contributed by atoms with van der Waals surface area (Å²) in [4.78, 5) is 31.9. The van der Waals surface area contributed by atoms with Gasteiger partial charge in [-0.1, -0.05) is 84.4 Å². The lowest BCUT2D eigenvalue weighted by Gasteiger charge is -2.31. The molecule has 38 heavy (non-hydrogen) atoms. The molecule has 1 aliphatic rings. The third kappa shape index (κ3) is 5.17. The normalized spacial score (nSPS) is 13.5. The molecular weight excluding hydrogens is 492 g/mol. The first-order valence-electron chi connectivity index (χ1n) is 12.4. The first-order chi connectivity index (χ1) is 18.4. The number of allylic oxidation sites excluding steroid dienone is 2. The number of ketones is 2. The van der Waals surface area contributed by atoms with Crippen LogP contribution in [0.3, 0.4) is 0 Å². The topological polar surface area (TPSA) is 40.6 Å². The molecule has 5 heteroatoms. The number of anilines is 2. The van der Waals surface area contributed by atoms with Crippen LogP contribution >= 0.6 is 11.6 Å². The highest BCUT2D eigenvalue weighted by molar-refractivity contribution is 6.30. The van der Waals surface area contributed by atoms with Gasteiger partial charge in [-0.2, -0.15) is 0 Å². The van der Waals surface area contributed by atoms with Crippen molar-refractivity contribution in [3.63, 3.8) is 0 Å². The Labute approximate surface area is 228 Å². The van der Waals surface area contributed by atoms with Gasteiger partial charge in [-0.3, -0.25) is 9.59 Å². The SMILES string of the molecule is CN(C)c1ccc(N2C=C(C(=O)c3ccccc3)C(c3ccc(Cl)cc3)C(C(=O)c3ccccc3)=C2)cc1. The van der Waals surface area contributed by atoms with Gasteiger partial charge in [0.05, 0.1) is 0 Å². The first kappa shape index (κ1) is 25.2. The number of halogens is 1. The Morgan fingerprint density at radius 3 is 1.58 bits per heavy atom. The summed E-state index contributed by atoms with van der Waals surface area (Å²) >= 11 is 6.20. The molecule has 0 amide bonds. The van der Waals surface area contributed by atoms with Crippen LogP contribution < -0.4 is 9.80 Å². The van der Waals surface area contributed by atoms with Crippen LogP contribution in [0.15, 0.2) is 133 Å². The van der Waals surface area contributed by atoms with Gasteiger partial charge < -0.3 is 9.80 Å². The fraction of sp³-hybridized carbons (Fsp3) is 0.0909. The van der Waals surface area contributed by atoms with E-state index in [9.17, 15) is 9.59 Å². The largest absolute Gasteiger partial charge is 0.378 e. The Morgan fingerprint density at radius 2 is 1.13 bits per heavy atom. The molecule has 0 aromatic heterocycles. The van der Waals surface area contributed by atoms with Crippen molar-refractivity contribution in [2.45, 2.75) is 5.92 Å². The number of benzene rings is 4. The molecule has 0 N–H and O–H groups in total. The summed E-state index contributed by atoms with van der Waals surface area (Å²) in [6.45, 7) is 0. The Morgan fingerprint density at radius 1 is 0.658 bits per heavy atom. The van der Waals surface area contributed by atoms with Crippen LogP contribution in [-0.2, 0) is 0 Å². The Kier molecular flexibility index (Phi) is 7.25. The van der Waals surface area contributed by atoms with Crippen molar-refractivity contribution in [2.75, 3.05) is 23.9 Å². The minimum Gasteiger partial charge on any atom is -0.378 e. The number of Topliss-reactive ketones (excluding diaryl/α,β-unsaturated/α-hetero) is 2. The monoisotopic (exact) mass is 518 g/mol. The number of hydrogen-bond donors (Lipinski definition) is 0. The second-order valence-electron chi connectivity index (χ2n) is 9.36. The van der Waals surface area contributed by atoms with Crippen LogP contribution in [0.1, 0.15) is 32.2 Å². The molecule has 0 saturated heterocycles. The molecule has 4 aromatic rings. The summed E-state index contributed by atoms with van der Waals surface area (Å²) in [5, 5.41) is 0.590. The summed E-state index contributed by atoms with van der Waals surface area (Å²) in [7, 11) is 3.97. The van der Waals surface area contributed by atoms with Crippen molar-refractivity contribution in [1.82, 2.24) is 0 Å². The van der Waals surface area contributed by atoms with Crippen LogP contribution in [-0.4, -0.2) is 25.7 Å². The fourth-order valence-electron chi connectivity index (χ4n) is 4.63. The zero-order valence-electron chi connectivity index (χ0n) is 21.2. The molecule has 0 radical (unpaired) electrons. The molecule has 0 aliphatic carbocycles. The molecule has 0 spiro atoms. The molecule has 0 unspecified atom stereocenters. The summed E-state index contributed by atoms with van der Waals surface area (Å²) < 4.78 is 0. The molecule has 0 bridgehead atoms. The highest BCUT2D eigenvalue weighted by Crippen LogP contribution is 2.40. The van der Waals surface area contributed by atoms with Gasteiger partial charge in [0, 0.05) is 71.1 Å². The molecule has 0 saturated carbocycles. The number of nitrogens with zero attached hydrogens (tertiary/aromatic N) is 2. The second-order valence-corrected chi connectivity index (χ2v) is 9.80. The zero-order chi connectivity index (χ0) is 26.6. The summed E-state index contributed by atoms with van der Waals surface area (Å²) in [6.07, 6.45) is 3.70. The highest BCUT2D eigenvalue weighted by atomic mass is 35.5. The number of carbonyl (C=O) groups is 2. The Bertz CT molecular complexity index is 1440. The third-order valence-electron chi connectivity index (χ3n) is 6.64. The lowest BCUT2D eigenvalue weighted by Crippen LogP contribution is -2.28. The molecule has 1 heterocycles. The van der Waals surface area contributed by atoms with Gasteiger partial charge in [0.25, 0.3) is 0 Å². The molecule has 4 aromatic carbocycles. The first-order valence-corrected chi connectivity index (χ1v) is 12.7. The van der Waals surface area contributed by atoms with Crippen LogP contribution in [0.5, 0.6) is 0 Å². The smallest absolute Gasteiger partial charge is 0.191 e. The summed E-state index contributed by atoms with van der Waals surface area (Å²) in [5.41, 5.74) is 4.88. The molecular formula is C33H27ClN2O2. The highest BCUT2D eigenvalue weighted by Gasteiger charge is 2.35. The minimum absolute atomic E-state index is 0.132. The van der Waals surface area contributed by atoms with Crippen LogP contribution in [0.2, 0.25) is 5.02 Å². The Balaban J connectivity index is 1.69. The maximum absolute atomic E-state index is 14.0. The minimum atomic E-state index is -0.565. The van der Waals surface area contributed by atoms with Crippen molar-refractivity contribution >= 4 is 34.5 Å². The van der Waals surface area contributed by atoms with Crippen molar-refractivity contribution in [1.29, 1.82) is 0 Å². The fourth-order valence-corrected chi connectivity index (χ4v) is 4.76. The van der Waals surface area contributed by atoms with Crippen LogP contribution in [0, 0.1) is 0 Å². The second kappa shape index (κ2) is 10.9. The summed E-state index contributed by atoms with van der Waals surface area (Å²) in [6, 6.07) is 33.7. The van der Waals surface area contributed by atoms with Gasteiger partial charge in [0.15, 0.2) is 11.6 Å². The van der Waals surface area contributed by atoms with Gasteiger partial charge >= 0.3 is 0 Å². The zero-order valence-corrected chi connectivity index (χ0v) is 22.0. The number of hydrogen-bond acceptors (Lipinski definition) is 4. The van der Waals surface area contributed by atoms with E-state index in [0.29, 0.717) is 27.3 Å². The predicted octanol–water partition coefficient (Wildman–Crippen LogP) is 7.54. The van der Waals surface area contributed by atoms with E-state index in [0.717, 1.165) is 16.9 Å². The standard InChI is InChI=1S/C33H27ClN2O2/c1-35(2)27-17-19-28(20-18-27)36-21-29(32(37)24-9-5-3-6-10-24)31(23-13-15-26(34)16-14-23)30(22-36)33(38)25-11-7-4-8-12-25/h3-22,31H,1-2H3. The van der Waals surface area contributed by atoms with Crippen molar-refractivity contribution in [3.8, 4) is 0 Å². The van der Waals surface area contributed by atoms with Crippen molar-refractivity contribution < 1.29 is 9.59 Å². The average Bonchev–Trinajstić information content (AvgIpc) is 2.97. The van der Waals surface area contributed by atoms with E-state index in [1.807, 2.05) is 109 Å². The molecule has 0 fully saturated rings. The maximum Gasteiger partial charge on any atom is 0.191 e. The van der Waals surface area contributed by atoms with Crippen LogP contribution in [0.25, 0.3) is 0 Å². The number of carbonyl (C=O) groups excluding carboxylic acids is 2. The van der Waals surface area contributed by atoms with E-state index in [-0.39, 0.29) is 11.6 Å². The quantitative estimate of drug-likeness (QED) is 0.237. The maximum atomic E-state index is 14.0. The van der Waals surface area contributed by atoms with Gasteiger partial charge in [0.1, 0.15) is 0 Å². The predicted molar refractivity (Wildman–Crippen MR) is 155 cm³/mol. The molecule has 188 valence electrons. The molecule has 1 aliphatic heterocycles.